The first-order valence-corrected chi connectivity index (χ1v) is 15.0. The molecule has 8 unspecified atom stereocenters. The first-order chi connectivity index (χ1) is 15.3. The van der Waals surface area contributed by atoms with Gasteiger partial charge in [-0.2, -0.15) is 0 Å². The molecular formula is C27H51N2O2P. The van der Waals surface area contributed by atoms with Gasteiger partial charge in [0.2, 0.25) is 0 Å². The van der Waals surface area contributed by atoms with Gasteiger partial charge in [-0.25, -0.2) is 0 Å². The van der Waals surface area contributed by atoms with Crippen molar-refractivity contribution in [3.63, 3.8) is 0 Å². The Labute approximate surface area is 199 Å². The van der Waals surface area contributed by atoms with Crippen LogP contribution in [0.3, 0.4) is 0 Å². The van der Waals surface area contributed by atoms with E-state index in [4.69, 9.17) is 5.11 Å². The molecule has 5 heteroatoms. The number of hydrogen-bond acceptors (Lipinski definition) is 3. The van der Waals surface area contributed by atoms with Gasteiger partial charge in [0.05, 0.1) is 0 Å². The van der Waals surface area contributed by atoms with Crippen LogP contribution < -0.4 is 10.6 Å². The van der Waals surface area contributed by atoms with Gasteiger partial charge in [-0.3, -0.25) is 4.79 Å². The molecule has 1 saturated heterocycles. The van der Waals surface area contributed by atoms with Crippen LogP contribution in [0.2, 0.25) is 0 Å². The summed E-state index contributed by atoms with van der Waals surface area (Å²) in [4.78, 5) is 11.0. The van der Waals surface area contributed by atoms with Crippen molar-refractivity contribution < 1.29 is 9.90 Å². The van der Waals surface area contributed by atoms with Crippen LogP contribution in [0.1, 0.15) is 98.3 Å². The molecule has 0 spiro atoms. The van der Waals surface area contributed by atoms with Crippen molar-refractivity contribution in [2.24, 2.45) is 29.1 Å². The molecule has 0 bridgehead atoms. The SMILES string of the molecule is CC(C)NCCNC1CCC(C)PCCC2C(CCC3(C)C(CCCC(=O)O)CCC23)C1. The van der Waals surface area contributed by atoms with Gasteiger partial charge in [0.1, 0.15) is 0 Å². The summed E-state index contributed by atoms with van der Waals surface area (Å²) in [5, 5.41) is 16.6. The molecule has 0 aromatic carbocycles. The third-order valence-electron chi connectivity index (χ3n) is 9.34. The predicted octanol–water partition coefficient (Wildman–Crippen LogP) is 5.90. The van der Waals surface area contributed by atoms with Gasteiger partial charge in [0.25, 0.3) is 0 Å². The Morgan fingerprint density at radius 2 is 1.94 bits per heavy atom. The minimum absolute atomic E-state index is 0.349. The molecule has 2 saturated carbocycles. The van der Waals surface area contributed by atoms with Gasteiger partial charge < -0.3 is 15.7 Å². The molecule has 3 rings (SSSR count). The maximum atomic E-state index is 11.0. The van der Waals surface area contributed by atoms with Crippen molar-refractivity contribution in [3.05, 3.63) is 0 Å². The lowest BCUT2D eigenvalue weighted by Crippen LogP contribution is -2.45. The van der Waals surface area contributed by atoms with E-state index in [2.05, 4.69) is 38.3 Å². The van der Waals surface area contributed by atoms with Crippen LogP contribution in [-0.4, -0.2) is 48.1 Å². The van der Waals surface area contributed by atoms with Crippen molar-refractivity contribution in [3.8, 4) is 0 Å². The van der Waals surface area contributed by atoms with Crippen molar-refractivity contribution in [2.75, 3.05) is 19.3 Å². The van der Waals surface area contributed by atoms with Crippen LogP contribution >= 0.6 is 8.58 Å². The number of hydrogen-bond donors (Lipinski definition) is 3. The van der Waals surface area contributed by atoms with Gasteiger partial charge in [0.15, 0.2) is 0 Å². The highest BCUT2D eigenvalue weighted by molar-refractivity contribution is 7.38. The lowest BCUT2D eigenvalue weighted by molar-refractivity contribution is -0.137. The molecule has 1 heterocycles. The minimum atomic E-state index is -0.627. The number of carboxylic acids is 1. The molecule has 3 fully saturated rings. The number of carbonyl (C=O) groups is 1. The average molecular weight is 467 g/mol. The molecule has 32 heavy (non-hydrogen) atoms. The second-order valence-electron chi connectivity index (χ2n) is 11.9. The van der Waals surface area contributed by atoms with Crippen LogP contribution in [0.5, 0.6) is 0 Å². The maximum Gasteiger partial charge on any atom is 0.303 e. The Morgan fingerprint density at radius 3 is 2.69 bits per heavy atom. The fourth-order valence-corrected chi connectivity index (χ4v) is 8.90. The van der Waals surface area contributed by atoms with Crippen molar-refractivity contribution >= 4 is 14.6 Å². The topological polar surface area (TPSA) is 61.4 Å². The van der Waals surface area contributed by atoms with Gasteiger partial charge in [-0.1, -0.05) is 27.7 Å². The fourth-order valence-electron chi connectivity index (χ4n) is 7.53. The Bertz CT molecular complexity index is 586. The number of fused-ring (bicyclic) bond motifs is 3. The molecule has 1 aliphatic heterocycles. The second kappa shape index (κ2) is 12.5. The largest absolute Gasteiger partial charge is 0.481 e. The highest BCUT2D eigenvalue weighted by Gasteiger charge is 2.53. The smallest absolute Gasteiger partial charge is 0.303 e. The zero-order valence-electron chi connectivity index (χ0n) is 21.3. The molecule has 3 aliphatic rings. The maximum absolute atomic E-state index is 11.0. The average Bonchev–Trinajstić information content (AvgIpc) is 3.06. The van der Waals surface area contributed by atoms with E-state index in [1.165, 1.54) is 57.5 Å². The lowest BCUT2D eigenvalue weighted by Gasteiger charge is -2.50. The van der Waals surface area contributed by atoms with E-state index < -0.39 is 5.97 Å². The number of aliphatic carboxylic acids is 1. The summed E-state index contributed by atoms with van der Waals surface area (Å²) in [6.07, 6.45) is 14.8. The van der Waals surface area contributed by atoms with Crippen molar-refractivity contribution in [2.45, 2.75) is 116 Å². The van der Waals surface area contributed by atoms with E-state index in [1.54, 1.807) is 0 Å². The molecule has 3 N–H and O–H groups in total. The van der Waals surface area contributed by atoms with Crippen LogP contribution in [0.15, 0.2) is 0 Å². The summed E-state index contributed by atoms with van der Waals surface area (Å²) >= 11 is 0. The van der Waals surface area contributed by atoms with Gasteiger partial charge in [-0.05, 0) is 105 Å². The fraction of sp³-hybridized carbons (Fsp3) is 0.963. The normalized spacial score (nSPS) is 39.0. The van der Waals surface area contributed by atoms with Crippen molar-refractivity contribution in [1.29, 1.82) is 0 Å². The first-order valence-electron chi connectivity index (χ1n) is 13.7. The van der Waals surface area contributed by atoms with E-state index in [0.29, 0.717) is 23.9 Å². The van der Waals surface area contributed by atoms with Crippen LogP contribution in [0, 0.1) is 29.1 Å². The van der Waals surface area contributed by atoms with E-state index in [-0.39, 0.29) is 0 Å². The first kappa shape index (κ1) is 26.4. The summed E-state index contributed by atoms with van der Waals surface area (Å²) in [5.74, 6) is 2.78. The summed E-state index contributed by atoms with van der Waals surface area (Å²) in [6.45, 7) is 11.7. The summed E-state index contributed by atoms with van der Waals surface area (Å²) in [7, 11) is 1.13. The number of nitrogens with one attached hydrogen (secondary N) is 2. The molecule has 2 aliphatic carbocycles. The van der Waals surface area contributed by atoms with E-state index in [0.717, 1.165) is 63.8 Å². The summed E-state index contributed by atoms with van der Waals surface area (Å²) < 4.78 is 0. The van der Waals surface area contributed by atoms with E-state index in [9.17, 15) is 4.79 Å². The molecule has 0 aromatic rings. The Hall–Kier alpha value is -0.180. The molecule has 0 aromatic heterocycles. The highest BCUT2D eigenvalue weighted by atomic mass is 31.1. The number of carboxylic acid groups (broad SMARTS) is 1. The Morgan fingerprint density at radius 1 is 1.12 bits per heavy atom. The third-order valence-corrected chi connectivity index (χ3v) is 10.9. The summed E-state index contributed by atoms with van der Waals surface area (Å²) in [6, 6.07) is 1.24. The molecule has 186 valence electrons. The minimum Gasteiger partial charge on any atom is -0.481 e. The molecule has 4 nitrogen and oxygen atoms in total. The molecule has 8 atom stereocenters. The van der Waals surface area contributed by atoms with Crippen LogP contribution in [-0.2, 0) is 4.79 Å². The quantitative estimate of drug-likeness (QED) is 0.293. The zero-order chi connectivity index (χ0) is 23.1. The predicted molar refractivity (Wildman–Crippen MR) is 138 cm³/mol. The summed E-state index contributed by atoms with van der Waals surface area (Å²) in [5.41, 5.74) is 1.34. The molecular weight excluding hydrogens is 415 g/mol. The molecule has 0 radical (unpaired) electrons. The monoisotopic (exact) mass is 466 g/mol. The molecule has 0 amide bonds. The van der Waals surface area contributed by atoms with Gasteiger partial charge in [-0.15, -0.1) is 8.58 Å². The van der Waals surface area contributed by atoms with E-state index >= 15 is 0 Å². The highest BCUT2D eigenvalue weighted by Crippen LogP contribution is 2.61. The van der Waals surface area contributed by atoms with Gasteiger partial charge >= 0.3 is 5.97 Å². The van der Waals surface area contributed by atoms with Crippen molar-refractivity contribution in [1.82, 2.24) is 10.6 Å². The number of rotatable bonds is 9. The standard InChI is InChI=1S/C27H51N2O2P/c1-19(2)28-15-16-29-23-10-8-20(3)32-17-13-24-21(18-23)12-14-27(4)22(9-11-25(24)27)6-5-7-26(30)31/h19-25,28-29,32H,5-18H2,1-4H3,(H,30,31). The van der Waals surface area contributed by atoms with E-state index in [1.807, 2.05) is 0 Å². The zero-order valence-corrected chi connectivity index (χ0v) is 22.3. The van der Waals surface area contributed by atoms with Gasteiger partial charge in [0, 0.05) is 31.6 Å². The second-order valence-corrected chi connectivity index (χ2v) is 13.7. The Balaban J connectivity index is 1.64. The lowest BCUT2D eigenvalue weighted by atomic mass is 9.56. The van der Waals surface area contributed by atoms with Crippen LogP contribution in [0.25, 0.3) is 0 Å². The van der Waals surface area contributed by atoms with Crippen LogP contribution in [0.4, 0.5) is 0 Å². The third kappa shape index (κ3) is 7.16. The Kier molecular flexibility index (Phi) is 10.3.